The summed E-state index contributed by atoms with van der Waals surface area (Å²) in [4.78, 5) is 1.91. The van der Waals surface area contributed by atoms with E-state index in [9.17, 15) is 0 Å². The summed E-state index contributed by atoms with van der Waals surface area (Å²) in [6.07, 6.45) is 2.48. The molecule has 2 radical (unpaired) electrons. The minimum absolute atomic E-state index is 0.356. The monoisotopic (exact) mass is 151 g/mol. The lowest BCUT2D eigenvalue weighted by Crippen LogP contribution is -2.35. The van der Waals surface area contributed by atoms with Crippen molar-refractivity contribution in [2.75, 3.05) is 19.7 Å². The van der Waals surface area contributed by atoms with E-state index in [1.165, 1.54) is 12.8 Å². The van der Waals surface area contributed by atoms with E-state index in [4.69, 9.17) is 13.1 Å². The Kier molecular flexibility index (Phi) is 1.94. The third-order valence-corrected chi connectivity index (χ3v) is 3.14. The lowest BCUT2D eigenvalue weighted by Gasteiger charge is -2.29. The van der Waals surface area contributed by atoms with Gasteiger partial charge in [0.25, 0.3) is 0 Å². The van der Waals surface area contributed by atoms with Crippen LogP contribution in [0.1, 0.15) is 12.8 Å². The van der Waals surface area contributed by atoms with Crippen LogP contribution in [0.3, 0.4) is 0 Å². The van der Waals surface area contributed by atoms with Gasteiger partial charge in [-0.25, -0.2) is 0 Å². The summed E-state index contributed by atoms with van der Waals surface area (Å²) in [6.45, 7) is 2.38. The van der Waals surface area contributed by atoms with Gasteiger partial charge in [-0.15, -0.1) is 0 Å². The third-order valence-electron chi connectivity index (χ3n) is 3.14. The summed E-state index contributed by atoms with van der Waals surface area (Å²) in [5, 5.41) is 9.04. The number of hydrogen-bond donors (Lipinski definition) is 1. The van der Waals surface area contributed by atoms with Gasteiger partial charge in [-0.3, -0.25) is 0 Å². The highest BCUT2D eigenvalue weighted by Gasteiger charge is 2.37. The first kappa shape index (κ1) is 7.62. The van der Waals surface area contributed by atoms with Gasteiger partial charge in [0.1, 0.15) is 0 Å². The number of fused-ring (bicyclic) bond motifs is 2. The van der Waals surface area contributed by atoms with Crippen molar-refractivity contribution in [3.8, 4) is 0 Å². The molecule has 11 heavy (non-hydrogen) atoms. The second-order valence-electron chi connectivity index (χ2n) is 3.99. The lowest BCUT2D eigenvalue weighted by molar-refractivity contribution is 0.181. The number of hydrogen-bond acceptors (Lipinski definition) is 2. The van der Waals surface area contributed by atoms with Crippen LogP contribution in [0.2, 0.25) is 0 Å². The molecule has 3 unspecified atom stereocenters. The Bertz CT molecular complexity index is 153. The fraction of sp³-hybridized carbons (Fsp3) is 1.00. The van der Waals surface area contributed by atoms with Crippen molar-refractivity contribution in [1.29, 1.82) is 0 Å². The van der Waals surface area contributed by atoms with Crippen LogP contribution in [0.5, 0.6) is 0 Å². The van der Waals surface area contributed by atoms with Crippen molar-refractivity contribution >= 4 is 7.98 Å². The summed E-state index contributed by atoms with van der Waals surface area (Å²) >= 11 is 0. The SMILES string of the molecule is [B]N1CC2CC(CO)C(C2)C1. The molecule has 0 aromatic carbocycles. The number of rotatable bonds is 1. The molecule has 2 aliphatic rings. The largest absolute Gasteiger partial charge is 0.396 e. The van der Waals surface area contributed by atoms with Gasteiger partial charge >= 0.3 is 0 Å². The standard InChI is InChI=1S/C8H14BNO/c9-10-3-6-1-7(4-10)8(2-6)5-11/h6-8,11H,1-5H2. The second kappa shape index (κ2) is 2.79. The van der Waals surface area contributed by atoms with Crippen molar-refractivity contribution in [2.45, 2.75) is 12.8 Å². The molecule has 2 rings (SSSR count). The Morgan fingerprint density at radius 1 is 1.36 bits per heavy atom. The molecule has 1 aliphatic heterocycles. The van der Waals surface area contributed by atoms with Crippen LogP contribution in [-0.4, -0.2) is 37.6 Å². The highest BCUT2D eigenvalue weighted by Crippen LogP contribution is 2.39. The molecular formula is C8H14BNO. The summed E-state index contributed by atoms with van der Waals surface area (Å²) in [5.41, 5.74) is 0. The van der Waals surface area contributed by atoms with Crippen molar-refractivity contribution in [3.05, 3.63) is 0 Å². The molecule has 2 nitrogen and oxygen atoms in total. The van der Waals surface area contributed by atoms with E-state index in [0.717, 1.165) is 19.0 Å². The third kappa shape index (κ3) is 1.32. The molecule has 3 heteroatoms. The maximum absolute atomic E-state index is 9.04. The molecule has 0 aromatic heterocycles. The molecule has 1 saturated carbocycles. The predicted molar refractivity (Wildman–Crippen MR) is 44.1 cm³/mol. The lowest BCUT2D eigenvalue weighted by atomic mass is 9.93. The minimum atomic E-state index is 0.356. The Labute approximate surface area is 69.0 Å². The zero-order valence-corrected chi connectivity index (χ0v) is 6.74. The Morgan fingerprint density at radius 2 is 2.18 bits per heavy atom. The number of aliphatic hydroxyl groups excluding tert-OH is 1. The second-order valence-corrected chi connectivity index (χ2v) is 3.99. The smallest absolute Gasteiger partial charge is 0.182 e. The summed E-state index contributed by atoms with van der Waals surface area (Å²) in [7, 11) is 5.72. The van der Waals surface area contributed by atoms with Crippen LogP contribution >= 0.6 is 0 Å². The Balaban J connectivity index is 2.02. The van der Waals surface area contributed by atoms with Crippen molar-refractivity contribution in [1.82, 2.24) is 4.81 Å². The molecule has 1 saturated heterocycles. The molecule has 2 bridgehead atoms. The molecule has 0 aromatic rings. The average molecular weight is 151 g/mol. The van der Waals surface area contributed by atoms with E-state index in [1.807, 2.05) is 4.81 Å². The summed E-state index contributed by atoms with van der Waals surface area (Å²) in [6, 6.07) is 0. The van der Waals surface area contributed by atoms with E-state index in [0.29, 0.717) is 18.4 Å². The molecular weight excluding hydrogens is 137 g/mol. The van der Waals surface area contributed by atoms with Crippen molar-refractivity contribution in [2.24, 2.45) is 17.8 Å². The van der Waals surface area contributed by atoms with Gasteiger partial charge in [-0.1, -0.05) is 0 Å². The van der Waals surface area contributed by atoms with E-state index in [-0.39, 0.29) is 0 Å². The zero-order valence-electron chi connectivity index (χ0n) is 6.74. The number of aliphatic hydroxyl groups is 1. The maximum Gasteiger partial charge on any atom is 0.182 e. The van der Waals surface area contributed by atoms with Gasteiger partial charge in [0, 0.05) is 6.61 Å². The van der Waals surface area contributed by atoms with Crippen LogP contribution < -0.4 is 0 Å². The zero-order chi connectivity index (χ0) is 7.84. The van der Waals surface area contributed by atoms with E-state index in [2.05, 4.69) is 0 Å². The molecule has 1 heterocycles. The van der Waals surface area contributed by atoms with Crippen LogP contribution in [0, 0.1) is 17.8 Å². The highest BCUT2D eigenvalue weighted by atomic mass is 16.3. The van der Waals surface area contributed by atoms with E-state index in [1.54, 1.807) is 0 Å². The first-order valence-electron chi connectivity index (χ1n) is 4.40. The van der Waals surface area contributed by atoms with Gasteiger partial charge < -0.3 is 9.92 Å². The van der Waals surface area contributed by atoms with E-state index < -0.39 is 0 Å². The Hall–Kier alpha value is -0.0151. The quantitative estimate of drug-likeness (QED) is 0.534. The highest BCUT2D eigenvalue weighted by molar-refractivity contribution is 6.04. The van der Waals surface area contributed by atoms with Crippen LogP contribution in [-0.2, 0) is 0 Å². The molecule has 0 spiro atoms. The van der Waals surface area contributed by atoms with Crippen LogP contribution in [0.25, 0.3) is 0 Å². The first-order chi connectivity index (χ1) is 5.29. The molecule has 3 atom stereocenters. The predicted octanol–water partition coefficient (Wildman–Crippen LogP) is 0.0202. The van der Waals surface area contributed by atoms with Gasteiger partial charge in [-0.05, 0) is 43.7 Å². The van der Waals surface area contributed by atoms with Crippen molar-refractivity contribution in [3.63, 3.8) is 0 Å². The fourth-order valence-corrected chi connectivity index (χ4v) is 2.64. The molecule has 60 valence electrons. The molecule has 1 N–H and O–H groups in total. The first-order valence-corrected chi connectivity index (χ1v) is 4.40. The fourth-order valence-electron chi connectivity index (χ4n) is 2.64. The topological polar surface area (TPSA) is 23.5 Å². The molecule has 1 aliphatic carbocycles. The van der Waals surface area contributed by atoms with Crippen LogP contribution in [0.4, 0.5) is 0 Å². The summed E-state index contributed by atoms with van der Waals surface area (Å²) in [5.74, 6) is 1.97. The van der Waals surface area contributed by atoms with Gasteiger partial charge in [0.15, 0.2) is 7.98 Å². The van der Waals surface area contributed by atoms with Gasteiger partial charge in [-0.2, -0.15) is 0 Å². The van der Waals surface area contributed by atoms with Gasteiger partial charge in [0.2, 0.25) is 0 Å². The molecule has 0 amide bonds. The summed E-state index contributed by atoms with van der Waals surface area (Å²) < 4.78 is 0. The van der Waals surface area contributed by atoms with Crippen LogP contribution in [0.15, 0.2) is 0 Å². The minimum Gasteiger partial charge on any atom is -0.396 e. The molecule has 2 fully saturated rings. The average Bonchev–Trinajstić information content (AvgIpc) is 2.25. The Morgan fingerprint density at radius 3 is 2.91 bits per heavy atom. The van der Waals surface area contributed by atoms with Gasteiger partial charge in [0.05, 0.1) is 0 Å². The maximum atomic E-state index is 9.04. The van der Waals surface area contributed by atoms with E-state index >= 15 is 0 Å². The van der Waals surface area contributed by atoms with Crippen molar-refractivity contribution < 1.29 is 5.11 Å². The normalized spacial score (nSPS) is 44.6. The number of piperidine rings is 1. The number of nitrogens with zero attached hydrogens (tertiary/aromatic N) is 1.